The molecule has 19 heavy (non-hydrogen) atoms. The third-order valence-corrected chi connectivity index (χ3v) is 3.09. The molecular weight excluding hydrogens is 266 g/mol. The normalized spacial score (nSPS) is 11.8. The third kappa shape index (κ3) is 2.69. The predicted octanol–water partition coefficient (Wildman–Crippen LogP) is 1.96. The number of rotatable bonds is 4. The fourth-order valence-electron chi connectivity index (χ4n) is 1.89. The minimum absolute atomic E-state index is 0.377. The summed E-state index contributed by atoms with van der Waals surface area (Å²) >= 11 is 6.20. The number of nitrogen functional groups attached to an aromatic ring is 1. The maximum absolute atomic E-state index is 6.20. The minimum Gasteiger partial charge on any atom is -0.399 e. The third-order valence-electron chi connectivity index (χ3n) is 2.77. The molecule has 2 aromatic rings. The lowest BCUT2D eigenvalue weighted by Gasteiger charge is -2.24. The molecule has 102 valence electrons. The topological polar surface area (TPSA) is 78.8 Å². The highest BCUT2D eigenvalue weighted by Gasteiger charge is 2.26. The van der Waals surface area contributed by atoms with Crippen LogP contribution in [0.15, 0.2) is 18.2 Å². The highest BCUT2D eigenvalue weighted by atomic mass is 35.5. The monoisotopic (exact) mass is 281 g/mol. The van der Waals surface area contributed by atoms with Gasteiger partial charge in [0.1, 0.15) is 0 Å². The SMILES string of the molecule is COCC(C)(C)n1nnnc1-c1ccc(N)cc1Cl. The van der Waals surface area contributed by atoms with Gasteiger partial charge in [-0.2, -0.15) is 0 Å². The van der Waals surface area contributed by atoms with Crippen LogP contribution in [0.5, 0.6) is 0 Å². The molecule has 1 heterocycles. The van der Waals surface area contributed by atoms with E-state index >= 15 is 0 Å². The van der Waals surface area contributed by atoms with E-state index < -0.39 is 0 Å². The van der Waals surface area contributed by atoms with E-state index in [0.717, 1.165) is 5.56 Å². The second-order valence-corrected chi connectivity index (χ2v) is 5.31. The van der Waals surface area contributed by atoms with Gasteiger partial charge in [0.25, 0.3) is 0 Å². The van der Waals surface area contributed by atoms with Crippen molar-refractivity contribution in [2.45, 2.75) is 19.4 Å². The number of methoxy groups -OCH3 is 1. The van der Waals surface area contributed by atoms with E-state index in [2.05, 4.69) is 15.5 Å². The summed E-state index contributed by atoms with van der Waals surface area (Å²) < 4.78 is 6.90. The molecule has 7 heteroatoms. The average Bonchev–Trinajstić information content (AvgIpc) is 2.78. The van der Waals surface area contributed by atoms with E-state index in [0.29, 0.717) is 23.1 Å². The number of halogens is 1. The maximum atomic E-state index is 6.20. The highest BCUT2D eigenvalue weighted by molar-refractivity contribution is 6.33. The Morgan fingerprint density at radius 1 is 1.42 bits per heavy atom. The summed E-state index contributed by atoms with van der Waals surface area (Å²) in [4.78, 5) is 0. The fraction of sp³-hybridized carbons (Fsp3) is 0.417. The van der Waals surface area contributed by atoms with Crippen LogP contribution < -0.4 is 5.73 Å². The Balaban J connectivity index is 2.50. The zero-order chi connectivity index (χ0) is 14.0. The van der Waals surface area contributed by atoms with Crippen LogP contribution in [0.4, 0.5) is 5.69 Å². The average molecular weight is 282 g/mol. The van der Waals surface area contributed by atoms with Crippen LogP contribution in [0, 0.1) is 0 Å². The maximum Gasteiger partial charge on any atom is 0.184 e. The van der Waals surface area contributed by atoms with E-state index in [1.807, 2.05) is 19.9 Å². The molecule has 0 fully saturated rings. The van der Waals surface area contributed by atoms with E-state index in [4.69, 9.17) is 22.1 Å². The summed E-state index contributed by atoms with van der Waals surface area (Å²) in [5.41, 5.74) is 6.65. The first-order valence-corrected chi connectivity index (χ1v) is 6.16. The van der Waals surface area contributed by atoms with Gasteiger partial charge in [0.15, 0.2) is 5.82 Å². The molecule has 2 N–H and O–H groups in total. The Labute approximate surface area is 116 Å². The number of nitrogens with zero attached hydrogens (tertiary/aromatic N) is 4. The molecule has 0 bridgehead atoms. The molecule has 2 rings (SSSR count). The summed E-state index contributed by atoms with van der Waals surface area (Å²) in [6.45, 7) is 4.46. The van der Waals surface area contributed by atoms with Crippen molar-refractivity contribution in [1.82, 2.24) is 20.2 Å². The number of ether oxygens (including phenoxy) is 1. The molecule has 0 aliphatic heterocycles. The minimum atomic E-state index is -0.377. The van der Waals surface area contributed by atoms with Crippen molar-refractivity contribution >= 4 is 17.3 Å². The molecule has 0 aliphatic rings. The highest BCUT2D eigenvalue weighted by Crippen LogP contribution is 2.30. The van der Waals surface area contributed by atoms with Crippen molar-refractivity contribution in [3.8, 4) is 11.4 Å². The molecule has 0 radical (unpaired) electrons. The molecular formula is C12H16ClN5O. The van der Waals surface area contributed by atoms with Gasteiger partial charge in [0, 0.05) is 18.4 Å². The van der Waals surface area contributed by atoms with Crippen molar-refractivity contribution in [2.75, 3.05) is 19.5 Å². The Morgan fingerprint density at radius 3 is 2.79 bits per heavy atom. The summed E-state index contributed by atoms with van der Waals surface area (Å²) in [7, 11) is 1.64. The van der Waals surface area contributed by atoms with Crippen molar-refractivity contribution in [3.63, 3.8) is 0 Å². The molecule has 6 nitrogen and oxygen atoms in total. The van der Waals surface area contributed by atoms with Crippen molar-refractivity contribution in [3.05, 3.63) is 23.2 Å². The molecule has 0 spiro atoms. The molecule has 0 saturated carbocycles. The summed E-state index contributed by atoms with van der Waals surface area (Å²) in [6.07, 6.45) is 0. The lowest BCUT2D eigenvalue weighted by molar-refractivity contribution is 0.101. The van der Waals surface area contributed by atoms with Gasteiger partial charge in [-0.15, -0.1) is 5.10 Å². The van der Waals surface area contributed by atoms with Crippen molar-refractivity contribution in [1.29, 1.82) is 0 Å². The standard InChI is InChI=1S/C12H16ClN5O/c1-12(2,7-19-3)18-11(15-16-17-18)9-5-4-8(14)6-10(9)13/h4-6H,7,14H2,1-3H3. The first kappa shape index (κ1) is 13.8. The quantitative estimate of drug-likeness (QED) is 0.867. The van der Waals surface area contributed by atoms with Gasteiger partial charge in [0.05, 0.1) is 17.2 Å². The van der Waals surface area contributed by atoms with E-state index in [-0.39, 0.29) is 5.54 Å². The van der Waals surface area contributed by atoms with Crippen LogP contribution >= 0.6 is 11.6 Å². The van der Waals surface area contributed by atoms with Gasteiger partial charge < -0.3 is 10.5 Å². The molecule has 0 atom stereocenters. The molecule has 0 saturated heterocycles. The summed E-state index contributed by atoms with van der Waals surface area (Å²) in [5, 5.41) is 12.3. The number of hydrogen-bond donors (Lipinski definition) is 1. The summed E-state index contributed by atoms with van der Waals surface area (Å²) in [5.74, 6) is 0.590. The predicted molar refractivity (Wildman–Crippen MR) is 73.9 cm³/mol. The van der Waals surface area contributed by atoms with Gasteiger partial charge in [-0.05, 0) is 42.5 Å². The fourth-order valence-corrected chi connectivity index (χ4v) is 2.16. The van der Waals surface area contributed by atoms with Gasteiger partial charge in [0.2, 0.25) is 0 Å². The zero-order valence-electron chi connectivity index (χ0n) is 11.1. The molecule has 0 amide bonds. The van der Waals surface area contributed by atoms with E-state index in [1.54, 1.807) is 23.9 Å². The lowest BCUT2D eigenvalue weighted by atomic mass is 10.1. The Hall–Kier alpha value is -1.66. The Kier molecular flexibility index (Phi) is 3.73. The number of aromatic nitrogens is 4. The van der Waals surface area contributed by atoms with Crippen LogP contribution in [0.1, 0.15) is 13.8 Å². The number of anilines is 1. The first-order valence-electron chi connectivity index (χ1n) is 5.79. The van der Waals surface area contributed by atoms with E-state index in [1.165, 1.54) is 0 Å². The second-order valence-electron chi connectivity index (χ2n) is 4.90. The lowest BCUT2D eigenvalue weighted by Crippen LogP contribution is -2.33. The van der Waals surface area contributed by atoms with Gasteiger partial charge in [-0.1, -0.05) is 11.6 Å². The molecule has 0 unspecified atom stereocenters. The van der Waals surface area contributed by atoms with Crippen molar-refractivity contribution in [2.24, 2.45) is 0 Å². The number of hydrogen-bond acceptors (Lipinski definition) is 5. The smallest absolute Gasteiger partial charge is 0.184 e. The van der Waals surface area contributed by atoms with Gasteiger partial charge >= 0.3 is 0 Å². The van der Waals surface area contributed by atoms with Crippen LogP contribution in [-0.2, 0) is 10.3 Å². The number of tetrazole rings is 1. The van der Waals surface area contributed by atoms with Crippen LogP contribution in [0.3, 0.4) is 0 Å². The van der Waals surface area contributed by atoms with Crippen molar-refractivity contribution < 1.29 is 4.74 Å². The molecule has 1 aromatic heterocycles. The number of nitrogens with two attached hydrogens (primary N) is 1. The van der Waals surface area contributed by atoms with Gasteiger partial charge in [-0.25, -0.2) is 4.68 Å². The largest absolute Gasteiger partial charge is 0.399 e. The summed E-state index contributed by atoms with van der Waals surface area (Å²) in [6, 6.07) is 5.26. The zero-order valence-corrected chi connectivity index (χ0v) is 11.8. The second kappa shape index (κ2) is 5.14. The Bertz CT molecular complexity index is 581. The number of benzene rings is 1. The van der Waals surface area contributed by atoms with Crippen LogP contribution in [0.25, 0.3) is 11.4 Å². The Morgan fingerprint density at radius 2 is 2.16 bits per heavy atom. The van der Waals surface area contributed by atoms with E-state index in [9.17, 15) is 0 Å². The molecule has 0 aliphatic carbocycles. The van der Waals surface area contributed by atoms with Crippen LogP contribution in [-0.4, -0.2) is 33.9 Å². The van der Waals surface area contributed by atoms with Gasteiger partial charge in [-0.3, -0.25) is 0 Å². The van der Waals surface area contributed by atoms with Crippen LogP contribution in [0.2, 0.25) is 5.02 Å². The first-order chi connectivity index (χ1) is 8.95. The molecule has 1 aromatic carbocycles.